The number of fused-ring (bicyclic) bond motifs is 5. The Morgan fingerprint density at radius 1 is 0.964 bits per heavy atom. The molecule has 6 atom stereocenters. The number of allylic oxidation sites excluding steroid dienone is 1. The first-order valence-electron chi connectivity index (χ1n) is 11.4. The van der Waals surface area contributed by atoms with E-state index < -0.39 is 0 Å². The van der Waals surface area contributed by atoms with Gasteiger partial charge in [-0.25, -0.2) is 0 Å². The fourth-order valence-electron chi connectivity index (χ4n) is 7.85. The van der Waals surface area contributed by atoms with Crippen molar-refractivity contribution >= 4 is 23.5 Å². The Kier molecular flexibility index (Phi) is 4.54. The molecule has 28 heavy (non-hydrogen) atoms. The Morgan fingerprint density at radius 2 is 1.75 bits per heavy atom. The Hall–Kier alpha value is -1.08. The molecule has 4 aliphatic carbocycles. The third kappa shape index (κ3) is 2.76. The molecule has 0 bridgehead atoms. The second kappa shape index (κ2) is 6.73. The highest BCUT2D eigenvalue weighted by molar-refractivity contribution is 6.30. The third-order valence-electron chi connectivity index (χ3n) is 9.43. The predicted molar refractivity (Wildman–Crippen MR) is 116 cm³/mol. The van der Waals surface area contributed by atoms with Crippen LogP contribution in [0.25, 0.3) is 6.08 Å². The van der Waals surface area contributed by atoms with E-state index in [4.69, 9.17) is 11.6 Å². The number of hydrogen-bond acceptors (Lipinski definition) is 1. The van der Waals surface area contributed by atoms with Crippen molar-refractivity contribution in [3.63, 3.8) is 0 Å². The van der Waals surface area contributed by atoms with Crippen LogP contribution >= 0.6 is 11.6 Å². The molecule has 5 rings (SSSR count). The van der Waals surface area contributed by atoms with Gasteiger partial charge in [-0.3, -0.25) is 4.79 Å². The minimum Gasteiger partial charge on any atom is -0.294 e. The molecule has 0 heterocycles. The molecule has 0 aliphatic heterocycles. The summed E-state index contributed by atoms with van der Waals surface area (Å²) in [6, 6.07) is 7.90. The van der Waals surface area contributed by atoms with E-state index in [1.54, 1.807) is 0 Å². The molecule has 150 valence electrons. The van der Waals surface area contributed by atoms with E-state index in [-0.39, 0.29) is 5.41 Å². The van der Waals surface area contributed by atoms with Crippen LogP contribution in [0.15, 0.2) is 29.8 Å². The Labute approximate surface area is 174 Å². The molecule has 0 aromatic heterocycles. The molecule has 0 spiro atoms. The zero-order valence-corrected chi connectivity index (χ0v) is 18.1. The van der Waals surface area contributed by atoms with Gasteiger partial charge < -0.3 is 0 Å². The maximum Gasteiger partial charge on any atom is 0.165 e. The monoisotopic (exact) mass is 396 g/mol. The maximum atomic E-state index is 13.5. The molecular formula is C26H33ClO. The van der Waals surface area contributed by atoms with Crippen molar-refractivity contribution in [1.29, 1.82) is 0 Å². The van der Waals surface area contributed by atoms with E-state index in [1.807, 2.05) is 24.3 Å². The summed E-state index contributed by atoms with van der Waals surface area (Å²) in [6.07, 6.45) is 14.0. The SMILES string of the molecule is C[C@]12CCCC[C@H]1CC[C@H]1[C@H]2CC[C@]2(C)C(=O)/C(=C/c3ccc(Cl)cc3)C[C@H]12. The fraction of sp³-hybridized carbons (Fsp3) is 0.654. The lowest BCUT2D eigenvalue weighted by molar-refractivity contribution is -0.137. The summed E-state index contributed by atoms with van der Waals surface area (Å²) in [5.74, 6) is 3.51. The van der Waals surface area contributed by atoms with Crippen molar-refractivity contribution in [2.75, 3.05) is 0 Å². The topological polar surface area (TPSA) is 17.1 Å². The van der Waals surface area contributed by atoms with Crippen LogP contribution in [-0.4, -0.2) is 5.78 Å². The molecule has 0 unspecified atom stereocenters. The Morgan fingerprint density at radius 3 is 2.54 bits per heavy atom. The van der Waals surface area contributed by atoms with Crippen molar-refractivity contribution in [2.24, 2.45) is 34.5 Å². The van der Waals surface area contributed by atoms with Crippen LogP contribution in [0, 0.1) is 34.5 Å². The normalized spacial score (nSPS) is 44.1. The van der Waals surface area contributed by atoms with E-state index in [0.29, 0.717) is 17.1 Å². The summed E-state index contributed by atoms with van der Waals surface area (Å²) < 4.78 is 0. The largest absolute Gasteiger partial charge is 0.294 e. The van der Waals surface area contributed by atoms with Crippen molar-refractivity contribution in [3.8, 4) is 0 Å². The lowest BCUT2D eigenvalue weighted by Crippen LogP contribution is -2.52. The van der Waals surface area contributed by atoms with Crippen LogP contribution in [0.3, 0.4) is 0 Å². The van der Waals surface area contributed by atoms with Gasteiger partial charge in [0, 0.05) is 10.4 Å². The minimum atomic E-state index is -0.128. The number of ketones is 1. The van der Waals surface area contributed by atoms with Crippen molar-refractivity contribution < 1.29 is 4.79 Å². The summed E-state index contributed by atoms with van der Waals surface area (Å²) in [4.78, 5) is 13.5. The molecule has 4 fully saturated rings. The number of hydrogen-bond donors (Lipinski definition) is 0. The summed E-state index contributed by atoms with van der Waals surface area (Å²) in [5, 5.41) is 0.751. The van der Waals surface area contributed by atoms with Gasteiger partial charge in [-0.2, -0.15) is 0 Å². The zero-order chi connectivity index (χ0) is 19.5. The highest BCUT2D eigenvalue weighted by Crippen LogP contribution is 2.66. The first kappa shape index (κ1) is 18.9. The molecule has 0 amide bonds. The summed E-state index contributed by atoms with van der Waals surface area (Å²) >= 11 is 6.04. The second-order valence-electron chi connectivity index (χ2n) is 10.6. The molecule has 0 radical (unpaired) electrons. The van der Waals surface area contributed by atoms with E-state index >= 15 is 0 Å². The van der Waals surface area contributed by atoms with Gasteiger partial charge in [-0.05, 0) is 103 Å². The fourth-order valence-corrected chi connectivity index (χ4v) is 7.98. The van der Waals surface area contributed by atoms with Crippen LogP contribution in [0.5, 0.6) is 0 Å². The minimum absolute atomic E-state index is 0.128. The number of carbonyl (C=O) groups excluding carboxylic acids is 1. The molecular weight excluding hydrogens is 364 g/mol. The highest BCUT2D eigenvalue weighted by atomic mass is 35.5. The van der Waals surface area contributed by atoms with E-state index in [2.05, 4.69) is 19.9 Å². The lowest BCUT2D eigenvalue weighted by Gasteiger charge is -2.59. The second-order valence-corrected chi connectivity index (χ2v) is 11.0. The molecule has 0 saturated heterocycles. The predicted octanol–water partition coefficient (Wildman–Crippen LogP) is 7.34. The lowest BCUT2D eigenvalue weighted by atomic mass is 9.45. The van der Waals surface area contributed by atoms with E-state index in [1.165, 1.54) is 44.9 Å². The van der Waals surface area contributed by atoms with Gasteiger partial charge in [0.1, 0.15) is 0 Å². The number of benzene rings is 1. The first-order chi connectivity index (χ1) is 13.4. The third-order valence-corrected chi connectivity index (χ3v) is 9.69. The van der Waals surface area contributed by atoms with Crippen LogP contribution < -0.4 is 0 Å². The van der Waals surface area contributed by atoms with Gasteiger partial charge in [0.25, 0.3) is 0 Å². The van der Waals surface area contributed by atoms with Gasteiger partial charge in [0.05, 0.1) is 0 Å². The van der Waals surface area contributed by atoms with Crippen LogP contribution in [0.4, 0.5) is 0 Å². The quantitative estimate of drug-likeness (QED) is 0.454. The van der Waals surface area contributed by atoms with Gasteiger partial charge in [0.2, 0.25) is 0 Å². The van der Waals surface area contributed by atoms with E-state index in [9.17, 15) is 4.79 Å². The van der Waals surface area contributed by atoms with Crippen LogP contribution in [-0.2, 0) is 4.79 Å². The van der Waals surface area contributed by atoms with Gasteiger partial charge in [0.15, 0.2) is 5.78 Å². The molecule has 1 aromatic rings. The molecule has 0 N–H and O–H groups in total. The van der Waals surface area contributed by atoms with E-state index in [0.717, 1.165) is 46.8 Å². The molecule has 4 aliphatic rings. The smallest absolute Gasteiger partial charge is 0.165 e. The first-order valence-corrected chi connectivity index (χ1v) is 11.8. The van der Waals surface area contributed by atoms with Crippen molar-refractivity contribution in [2.45, 2.75) is 71.6 Å². The number of halogens is 1. The average Bonchev–Trinajstić information content (AvgIpc) is 2.94. The number of carbonyl (C=O) groups is 1. The van der Waals surface area contributed by atoms with Crippen molar-refractivity contribution in [1.82, 2.24) is 0 Å². The average molecular weight is 397 g/mol. The van der Waals surface area contributed by atoms with Crippen LogP contribution in [0.2, 0.25) is 5.02 Å². The Bertz CT molecular complexity index is 808. The summed E-state index contributed by atoms with van der Waals surface area (Å²) in [5.41, 5.74) is 2.58. The number of rotatable bonds is 1. The summed E-state index contributed by atoms with van der Waals surface area (Å²) in [6.45, 7) is 4.89. The Balaban J connectivity index is 1.45. The van der Waals surface area contributed by atoms with Gasteiger partial charge in [-0.15, -0.1) is 0 Å². The molecule has 1 aromatic carbocycles. The molecule has 2 heteroatoms. The van der Waals surface area contributed by atoms with Gasteiger partial charge in [-0.1, -0.05) is 50.4 Å². The number of Topliss-reactive ketones (excluding diaryl/α,β-unsaturated/α-hetero) is 1. The molecule has 4 saturated carbocycles. The zero-order valence-electron chi connectivity index (χ0n) is 17.3. The van der Waals surface area contributed by atoms with Crippen LogP contribution in [0.1, 0.15) is 77.2 Å². The van der Waals surface area contributed by atoms with Gasteiger partial charge >= 0.3 is 0 Å². The highest BCUT2D eigenvalue weighted by Gasteiger charge is 2.60. The summed E-state index contributed by atoms with van der Waals surface area (Å²) in [7, 11) is 0. The standard InChI is InChI=1S/C26H33ClO/c1-25-13-4-3-5-19(25)8-11-21-22(25)12-14-26(2)23(21)16-18(24(26)28)15-17-6-9-20(27)10-7-17/h6-7,9-10,15,19,21-23H,3-5,8,11-14,16H2,1-2H3/b18-15+/t19-,21-,22+,23+,25-,26-/m0/s1. The van der Waals surface area contributed by atoms with Crippen molar-refractivity contribution in [3.05, 3.63) is 40.4 Å². The maximum absolute atomic E-state index is 13.5. The molecule has 1 nitrogen and oxygen atoms in total.